The number of hydrogen-bond acceptors (Lipinski definition) is 8. The Bertz CT molecular complexity index is 1090. The van der Waals surface area contributed by atoms with Gasteiger partial charge in [0.05, 0.1) is 18.2 Å². The zero-order valence-electron chi connectivity index (χ0n) is 15.3. The Morgan fingerprint density at radius 3 is 2.83 bits per heavy atom. The minimum absolute atomic E-state index is 0.0335. The van der Waals surface area contributed by atoms with E-state index in [1.54, 1.807) is 18.2 Å². The van der Waals surface area contributed by atoms with Crippen LogP contribution in [-0.2, 0) is 11.2 Å². The number of cyclic esters (lactones) is 1. The number of furan rings is 1. The van der Waals surface area contributed by atoms with Crippen molar-refractivity contribution in [3.05, 3.63) is 58.8 Å². The molecule has 8 nitrogen and oxygen atoms in total. The number of carbonyl (C=O) groups is 3. The van der Waals surface area contributed by atoms with Crippen LogP contribution in [0.3, 0.4) is 0 Å². The molecule has 0 saturated heterocycles. The van der Waals surface area contributed by atoms with Crippen molar-refractivity contribution < 1.29 is 38.1 Å². The SMILES string of the molecule is COc1c(OCC(=O)c2cc3ccccc3o2)cc2c(c1C=O)CC(O)OC2=O. The Balaban J connectivity index is 1.64. The van der Waals surface area contributed by atoms with Crippen LogP contribution in [-0.4, -0.2) is 43.2 Å². The van der Waals surface area contributed by atoms with Crippen molar-refractivity contribution >= 4 is 29.0 Å². The summed E-state index contributed by atoms with van der Waals surface area (Å²) >= 11 is 0. The van der Waals surface area contributed by atoms with Crippen LogP contribution < -0.4 is 9.47 Å². The number of ketones is 1. The van der Waals surface area contributed by atoms with Crippen LogP contribution in [0.25, 0.3) is 11.0 Å². The van der Waals surface area contributed by atoms with E-state index in [1.807, 2.05) is 12.1 Å². The second-order valence-electron chi connectivity index (χ2n) is 6.39. The molecule has 1 unspecified atom stereocenters. The zero-order valence-corrected chi connectivity index (χ0v) is 15.3. The number of aliphatic hydroxyl groups excluding tert-OH is 1. The van der Waals surface area contributed by atoms with Gasteiger partial charge in [-0.25, -0.2) is 4.79 Å². The highest BCUT2D eigenvalue weighted by molar-refractivity contribution is 5.99. The number of aliphatic hydroxyl groups is 1. The maximum absolute atomic E-state index is 12.5. The molecule has 2 aromatic carbocycles. The van der Waals surface area contributed by atoms with Gasteiger partial charge in [-0.2, -0.15) is 0 Å². The second-order valence-corrected chi connectivity index (χ2v) is 6.39. The van der Waals surface area contributed by atoms with Gasteiger partial charge >= 0.3 is 5.97 Å². The minimum Gasteiger partial charge on any atom is -0.492 e. The zero-order chi connectivity index (χ0) is 20.5. The number of benzene rings is 2. The largest absolute Gasteiger partial charge is 0.492 e. The molecule has 0 amide bonds. The Hall–Kier alpha value is -3.65. The van der Waals surface area contributed by atoms with E-state index < -0.39 is 24.6 Å². The molecule has 0 saturated carbocycles. The van der Waals surface area contributed by atoms with Gasteiger partial charge in [0, 0.05) is 11.8 Å². The van der Waals surface area contributed by atoms with Crippen LogP contribution in [0.2, 0.25) is 0 Å². The summed E-state index contributed by atoms with van der Waals surface area (Å²) in [7, 11) is 1.33. The number of Topliss-reactive ketones (excluding diaryl/α,β-unsaturated/α-hetero) is 1. The molecule has 0 aliphatic carbocycles. The van der Waals surface area contributed by atoms with Crippen LogP contribution in [0, 0.1) is 0 Å². The summed E-state index contributed by atoms with van der Waals surface area (Å²) in [5.74, 6) is -0.991. The molecule has 1 aromatic heterocycles. The molecular weight excluding hydrogens is 380 g/mol. The lowest BCUT2D eigenvalue weighted by Crippen LogP contribution is -2.28. The molecule has 1 aliphatic heterocycles. The number of fused-ring (bicyclic) bond motifs is 2. The van der Waals surface area contributed by atoms with E-state index in [2.05, 4.69) is 0 Å². The van der Waals surface area contributed by atoms with Crippen molar-refractivity contribution in [2.24, 2.45) is 0 Å². The van der Waals surface area contributed by atoms with Crippen molar-refractivity contribution in [2.75, 3.05) is 13.7 Å². The summed E-state index contributed by atoms with van der Waals surface area (Å²) in [6, 6.07) is 10.1. The molecular formula is C21H16O8. The molecule has 29 heavy (non-hydrogen) atoms. The summed E-state index contributed by atoms with van der Waals surface area (Å²) in [5, 5.41) is 10.4. The molecule has 0 fully saturated rings. The van der Waals surface area contributed by atoms with Crippen molar-refractivity contribution in [3.8, 4) is 11.5 Å². The van der Waals surface area contributed by atoms with Gasteiger partial charge < -0.3 is 23.7 Å². The summed E-state index contributed by atoms with van der Waals surface area (Å²) in [6.07, 6.45) is -0.888. The van der Waals surface area contributed by atoms with E-state index in [1.165, 1.54) is 13.2 Å². The Morgan fingerprint density at radius 2 is 2.10 bits per heavy atom. The quantitative estimate of drug-likeness (QED) is 0.384. The van der Waals surface area contributed by atoms with Crippen LogP contribution in [0.5, 0.6) is 11.5 Å². The minimum atomic E-state index is -1.35. The summed E-state index contributed by atoms with van der Waals surface area (Å²) in [6.45, 7) is -0.398. The van der Waals surface area contributed by atoms with Crippen LogP contribution in [0.4, 0.5) is 0 Å². The normalized spacial score (nSPS) is 15.5. The molecule has 8 heteroatoms. The molecule has 0 bridgehead atoms. The van der Waals surface area contributed by atoms with Gasteiger partial charge in [-0.3, -0.25) is 9.59 Å². The third-order valence-corrected chi connectivity index (χ3v) is 4.62. The number of hydrogen-bond donors (Lipinski definition) is 1. The average molecular weight is 396 g/mol. The predicted octanol–water partition coefficient (Wildman–Crippen LogP) is 2.55. The molecule has 1 atom stereocenters. The number of para-hydroxylation sites is 1. The van der Waals surface area contributed by atoms with Crippen molar-refractivity contribution in [1.29, 1.82) is 0 Å². The summed E-state index contributed by atoms with van der Waals surface area (Å²) < 4.78 is 21.1. The number of ether oxygens (including phenoxy) is 3. The fourth-order valence-electron chi connectivity index (χ4n) is 3.28. The van der Waals surface area contributed by atoms with E-state index in [0.29, 0.717) is 17.4 Å². The summed E-state index contributed by atoms with van der Waals surface area (Å²) in [5.41, 5.74) is 1.01. The molecule has 1 aliphatic rings. The fraction of sp³-hybridized carbons (Fsp3) is 0.190. The standard InChI is InChI=1S/C21H16O8/c1-26-20-14(9-22)12-8-19(24)29-21(25)13(12)7-18(20)27-10-15(23)17-6-11-4-2-3-5-16(11)28-17/h2-7,9,19,24H,8,10H2,1H3. The van der Waals surface area contributed by atoms with Crippen molar-refractivity contribution in [3.63, 3.8) is 0 Å². The first-order valence-corrected chi connectivity index (χ1v) is 8.74. The monoisotopic (exact) mass is 396 g/mol. The van der Waals surface area contributed by atoms with Gasteiger partial charge in [0.25, 0.3) is 0 Å². The molecule has 0 spiro atoms. The summed E-state index contributed by atoms with van der Waals surface area (Å²) in [4.78, 5) is 36.2. The Kier molecular flexibility index (Phi) is 4.77. The fourth-order valence-corrected chi connectivity index (χ4v) is 3.28. The maximum atomic E-state index is 12.5. The van der Waals surface area contributed by atoms with Crippen molar-refractivity contribution in [1.82, 2.24) is 0 Å². The van der Waals surface area contributed by atoms with Gasteiger partial charge in [0.15, 0.2) is 30.2 Å². The van der Waals surface area contributed by atoms with Gasteiger partial charge in [0.2, 0.25) is 12.1 Å². The predicted molar refractivity (Wildman–Crippen MR) is 99.5 cm³/mol. The molecule has 4 rings (SSSR count). The maximum Gasteiger partial charge on any atom is 0.340 e. The lowest BCUT2D eigenvalue weighted by molar-refractivity contribution is -0.0688. The molecule has 2 heterocycles. The average Bonchev–Trinajstić information content (AvgIpc) is 3.15. The highest BCUT2D eigenvalue weighted by Crippen LogP contribution is 2.38. The lowest BCUT2D eigenvalue weighted by atomic mass is 9.95. The van der Waals surface area contributed by atoms with Crippen LogP contribution in [0.15, 0.2) is 40.8 Å². The highest BCUT2D eigenvalue weighted by atomic mass is 16.6. The number of esters is 1. The number of carbonyl (C=O) groups excluding carboxylic acids is 3. The van der Waals surface area contributed by atoms with Gasteiger partial charge in [-0.05, 0) is 23.8 Å². The van der Waals surface area contributed by atoms with Crippen LogP contribution >= 0.6 is 0 Å². The van der Waals surface area contributed by atoms with E-state index in [9.17, 15) is 19.5 Å². The molecule has 1 N–H and O–H groups in total. The first-order valence-electron chi connectivity index (χ1n) is 8.74. The third kappa shape index (κ3) is 3.34. The molecule has 3 aromatic rings. The van der Waals surface area contributed by atoms with Crippen LogP contribution in [0.1, 0.15) is 36.8 Å². The van der Waals surface area contributed by atoms with E-state index >= 15 is 0 Å². The smallest absolute Gasteiger partial charge is 0.340 e. The Morgan fingerprint density at radius 1 is 1.31 bits per heavy atom. The third-order valence-electron chi connectivity index (χ3n) is 4.62. The molecule has 0 radical (unpaired) electrons. The van der Waals surface area contributed by atoms with E-state index in [-0.39, 0.29) is 34.8 Å². The number of methoxy groups -OCH3 is 1. The number of aldehydes is 1. The topological polar surface area (TPSA) is 112 Å². The van der Waals surface area contributed by atoms with E-state index in [4.69, 9.17) is 18.6 Å². The van der Waals surface area contributed by atoms with Gasteiger partial charge in [0.1, 0.15) is 5.58 Å². The molecule has 148 valence electrons. The first-order chi connectivity index (χ1) is 14.0. The second kappa shape index (κ2) is 7.40. The Labute approximate surface area is 164 Å². The first kappa shape index (κ1) is 18.7. The highest BCUT2D eigenvalue weighted by Gasteiger charge is 2.31. The number of rotatable bonds is 6. The lowest BCUT2D eigenvalue weighted by Gasteiger charge is -2.24. The van der Waals surface area contributed by atoms with Gasteiger partial charge in [-0.15, -0.1) is 0 Å². The van der Waals surface area contributed by atoms with Crippen molar-refractivity contribution in [2.45, 2.75) is 12.7 Å². The van der Waals surface area contributed by atoms with E-state index in [0.717, 1.165) is 5.39 Å². The van der Waals surface area contributed by atoms with Gasteiger partial charge in [-0.1, -0.05) is 18.2 Å².